The van der Waals surface area contributed by atoms with Crippen molar-refractivity contribution in [1.82, 2.24) is 10.9 Å². The van der Waals surface area contributed by atoms with Crippen LogP contribution in [0.15, 0.2) is 18.2 Å². The van der Waals surface area contributed by atoms with Crippen molar-refractivity contribution < 1.29 is 13.6 Å². The highest BCUT2D eigenvalue weighted by Gasteiger charge is 2.18. The van der Waals surface area contributed by atoms with Gasteiger partial charge in [-0.2, -0.15) is 0 Å². The first kappa shape index (κ1) is 11.5. The Morgan fingerprint density at radius 3 is 2.67 bits per heavy atom. The molecule has 1 rings (SSSR count). The lowest BCUT2D eigenvalue weighted by molar-refractivity contribution is -0.123. The number of hydrogen-bond acceptors (Lipinski definition) is 3. The molecule has 6 heteroatoms. The largest absolute Gasteiger partial charge is 0.316 e. The standard InChI is InChI=1S/C9H11F2N3O/c1-13-14-9(15)8(12)6-3-2-5(10)4-7(6)11/h2-4,8,13H,12H2,1H3,(H,14,15). The van der Waals surface area contributed by atoms with Gasteiger partial charge in [0.05, 0.1) is 0 Å². The minimum Gasteiger partial charge on any atom is -0.316 e. The summed E-state index contributed by atoms with van der Waals surface area (Å²) in [5.41, 5.74) is 9.99. The van der Waals surface area contributed by atoms with E-state index in [2.05, 4.69) is 10.9 Å². The SMILES string of the molecule is CNNC(=O)C(N)c1ccc(F)cc1F. The number of amides is 1. The lowest BCUT2D eigenvalue weighted by Gasteiger charge is -2.12. The zero-order valence-electron chi connectivity index (χ0n) is 8.05. The van der Waals surface area contributed by atoms with Crippen molar-refractivity contribution in [3.63, 3.8) is 0 Å². The zero-order chi connectivity index (χ0) is 11.4. The molecule has 0 radical (unpaired) electrons. The number of benzene rings is 1. The molecule has 4 nitrogen and oxygen atoms in total. The van der Waals surface area contributed by atoms with Crippen molar-refractivity contribution in [3.05, 3.63) is 35.4 Å². The van der Waals surface area contributed by atoms with Crippen molar-refractivity contribution in [2.24, 2.45) is 5.73 Å². The molecule has 0 bridgehead atoms. The van der Waals surface area contributed by atoms with E-state index in [1.807, 2.05) is 0 Å². The van der Waals surface area contributed by atoms with Crippen LogP contribution < -0.4 is 16.6 Å². The second-order valence-electron chi connectivity index (χ2n) is 2.88. The predicted octanol–water partition coefficient (Wildman–Crippen LogP) is 0.215. The molecule has 82 valence electrons. The van der Waals surface area contributed by atoms with E-state index >= 15 is 0 Å². The summed E-state index contributed by atoms with van der Waals surface area (Å²) in [6.07, 6.45) is 0. The minimum absolute atomic E-state index is 0.0517. The van der Waals surface area contributed by atoms with Crippen LogP contribution >= 0.6 is 0 Å². The molecule has 0 heterocycles. The molecular formula is C9H11F2N3O. The van der Waals surface area contributed by atoms with Crippen molar-refractivity contribution in [2.45, 2.75) is 6.04 Å². The molecule has 0 aliphatic carbocycles. The lowest BCUT2D eigenvalue weighted by atomic mass is 10.1. The fourth-order valence-electron chi connectivity index (χ4n) is 1.10. The summed E-state index contributed by atoms with van der Waals surface area (Å²) in [6, 6.07) is 1.70. The molecule has 0 aromatic heterocycles. The summed E-state index contributed by atoms with van der Waals surface area (Å²) in [6.45, 7) is 0. The monoisotopic (exact) mass is 215 g/mol. The van der Waals surface area contributed by atoms with Crippen LogP contribution in [0.2, 0.25) is 0 Å². The fraction of sp³-hybridized carbons (Fsp3) is 0.222. The average molecular weight is 215 g/mol. The molecule has 1 amide bonds. The normalized spacial score (nSPS) is 12.3. The number of nitrogens with two attached hydrogens (primary N) is 1. The van der Waals surface area contributed by atoms with Crippen LogP contribution in [0.1, 0.15) is 11.6 Å². The first-order chi connectivity index (χ1) is 7.06. The molecule has 0 spiro atoms. The van der Waals surface area contributed by atoms with E-state index in [1.165, 1.54) is 7.05 Å². The maximum atomic E-state index is 13.2. The van der Waals surface area contributed by atoms with Crippen molar-refractivity contribution >= 4 is 5.91 Å². The van der Waals surface area contributed by atoms with Gasteiger partial charge in [-0.1, -0.05) is 6.07 Å². The topological polar surface area (TPSA) is 67.1 Å². The third kappa shape index (κ3) is 2.71. The number of rotatable bonds is 3. The Morgan fingerprint density at radius 2 is 2.13 bits per heavy atom. The second-order valence-corrected chi connectivity index (χ2v) is 2.88. The number of nitrogens with one attached hydrogen (secondary N) is 2. The van der Waals surface area contributed by atoms with Gasteiger partial charge < -0.3 is 5.73 Å². The molecule has 0 saturated carbocycles. The third-order valence-corrected chi connectivity index (χ3v) is 1.83. The molecule has 15 heavy (non-hydrogen) atoms. The van der Waals surface area contributed by atoms with Gasteiger partial charge in [0.15, 0.2) is 0 Å². The highest BCUT2D eigenvalue weighted by Crippen LogP contribution is 2.15. The Bertz CT molecular complexity index is 370. The quantitative estimate of drug-likeness (QED) is 0.632. The van der Waals surface area contributed by atoms with Gasteiger partial charge >= 0.3 is 0 Å². The summed E-state index contributed by atoms with van der Waals surface area (Å²) in [7, 11) is 1.48. The van der Waals surface area contributed by atoms with Crippen molar-refractivity contribution in [3.8, 4) is 0 Å². The van der Waals surface area contributed by atoms with Crippen LogP contribution in [0.5, 0.6) is 0 Å². The summed E-state index contributed by atoms with van der Waals surface area (Å²) < 4.78 is 25.7. The summed E-state index contributed by atoms with van der Waals surface area (Å²) in [5.74, 6) is -2.14. The Kier molecular flexibility index (Phi) is 3.70. The third-order valence-electron chi connectivity index (χ3n) is 1.83. The van der Waals surface area contributed by atoms with E-state index in [0.29, 0.717) is 6.07 Å². The van der Waals surface area contributed by atoms with E-state index in [-0.39, 0.29) is 5.56 Å². The highest BCUT2D eigenvalue weighted by atomic mass is 19.1. The van der Waals surface area contributed by atoms with Crippen LogP contribution in [0.25, 0.3) is 0 Å². The Hall–Kier alpha value is -1.53. The van der Waals surface area contributed by atoms with Gasteiger partial charge in [-0.05, 0) is 6.07 Å². The molecule has 0 saturated heterocycles. The van der Waals surface area contributed by atoms with E-state index < -0.39 is 23.6 Å². The first-order valence-corrected chi connectivity index (χ1v) is 4.23. The summed E-state index contributed by atoms with van der Waals surface area (Å²) in [4.78, 5) is 11.2. The lowest BCUT2D eigenvalue weighted by Crippen LogP contribution is -2.41. The van der Waals surface area contributed by atoms with Crippen LogP contribution in [0, 0.1) is 11.6 Å². The summed E-state index contributed by atoms with van der Waals surface area (Å²) >= 11 is 0. The molecule has 0 aliphatic heterocycles. The smallest absolute Gasteiger partial charge is 0.255 e. The fourth-order valence-corrected chi connectivity index (χ4v) is 1.10. The van der Waals surface area contributed by atoms with Crippen molar-refractivity contribution in [2.75, 3.05) is 7.05 Å². The van der Waals surface area contributed by atoms with E-state index in [0.717, 1.165) is 12.1 Å². The maximum absolute atomic E-state index is 13.2. The predicted molar refractivity (Wildman–Crippen MR) is 50.5 cm³/mol. The van der Waals surface area contributed by atoms with Crippen LogP contribution in [-0.4, -0.2) is 13.0 Å². The van der Waals surface area contributed by atoms with Gasteiger partial charge in [0, 0.05) is 18.7 Å². The van der Waals surface area contributed by atoms with E-state index in [1.54, 1.807) is 0 Å². The van der Waals surface area contributed by atoms with Gasteiger partial charge in [0.2, 0.25) is 0 Å². The molecule has 1 atom stereocenters. The first-order valence-electron chi connectivity index (χ1n) is 4.23. The van der Waals surface area contributed by atoms with Crippen molar-refractivity contribution in [1.29, 1.82) is 0 Å². The Balaban J connectivity index is 2.91. The van der Waals surface area contributed by atoms with Gasteiger partial charge in [-0.25, -0.2) is 14.2 Å². The average Bonchev–Trinajstić information content (AvgIpc) is 2.17. The number of hydrogen-bond donors (Lipinski definition) is 3. The molecular weight excluding hydrogens is 204 g/mol. The van der Waals surface area contributed by atoms with Gasteiger partial charge in [-0.15, -0.1) is 0 Å². The number of hydrazine groups is 1. The van der Waals surface area contributed by atoms with Crippen LogP contribution in [0.3, 0.4) is 0 Å². The molecule has 0 fully saturated rings. The van der Waals surface area contributed by atoms with Crippen LogP contribution in [0.4, 0.5) is 8.78 Å². The maximum Gasteiger partial charge on any atom is 0.255 e. The summed E-state index contributed by atoms with van der Waals surface area (Å²) in [5, 5.41) is 0. The molecule has 1 unspecified atom stereocenters. The molecule has 1 aromatic carbocycles. The molecule has 4 N–H and O–H groups in total. The molecule has 0 aliphatic rings. The second kappa shape index (κ2) is 4.81. The van der Waals surface area contributed by atoms with Gasteiger partial charge in [0.1, 0.15) is 17.7 Å². The number of carbonyl (C=O) groups excluding carboxylic acids is 1. The zero-order valence-corrected chi connectivity index (χ0v) is 8.05. The highest BCUT2D eigenvalue weighted by molar-refractivity contribution is 5.82. The van der Waals surface area contributed by atoms with Crippen LogP contribution in [-0.2, 0) is 4.79 Å². The molecule has 1 aromatic rings. The Morgan fingerprint density at radius 1 is 1.47 bits per heavy atom. The Labute approximate surface area is 85.4 Å². The number of halogens is 2. The van der Waals surface area contributed by atoms with E-state index in [4.69, 9.17) is 5.73 Å². The number of carbonyl (C=O) groups is 1. The van der Waals surface area contributed by atoms with E-state index in [9.17, 15) is 13.6 Å². The van der Waals surface area contributed by atoms with Gasteiger partial charge in [-0.3, -0.25) is 10.2 Å². The minimum atomic E-state index is -1.17. The van der Waals surface area contributed by atoms with Gasteiger partial charge in [0.25, 0.3) is 5.91 Å².